The van der Waals surface area contributed by atoms with Gasteiger partial charge in [0.25, 0.3) is 0 Å². The number of carboxylic acid groups (broad SMARTS) is 1. The summed E-state index contributed by atoms with van der Waals surface area (Å²) in [5, 5.41) is 9.39. The van der Waals surface area contributed by atoms with Crippen molar-refractivity contribution in [2.45, 2.75) is 17.7 Å². The van der Waals surface area contributed by atoms with Crippen LogP contribution in [0, 0.1) is 11.2 Å². The molecule has 0 saturated carbocycles. The van der Waals surface area contributed by atoms with Crippen molar-refractivity contribution in [3.8, 4) is 0 Å². The molecular weight excluding hydrogens is 321 g/mol. The highest BCUT2D eigenvalue weighted by Crippen LogP contribution is 2.32. The van der Waals surface area contributed by atoms with Gasteiger partial charge in [0.15, 0.2) is 0 Å². The van der Waals surface area contributed by atoms with Gasteiger partial charge in [0.1, 0.15) is 11.2 Å². The van der Waals surface area contributed by atoms with E-state index >= 15 is 0 Å². The van der Waals surface area contributed by atoms with Crippen LogP contribution in [0.2, 0.25) is 0 Å². The summed E-state index contributed by atoms with van der Waals surface area (Å²) in [6.07, 6.45) is 0.643. The molecule has 1 aliphatic heterocycles. The van der Waals surface area contributed by atoms with Gasteiger partial charge >= 0.3 is 5.97 Å². The van der Waals surface area contributed by atoms with Crippen molar-refractivity contribution in [3.05, 3.63) is 30.1 Å². The van der Waals surface area contributed by atoms with Crippen molar-refractivity contribution >= 4 is 23.6 Å². The summed E-state index contributed by atoms with van der Waals surface area (Å²) in [6.45, 7) is 0.675. The number of carbonyl (C=O) groups is 2. The second kappa shape index (κ2) is 7.79. The lowest BCUT2D eigenvalue weighted by atomic mass is 9.88. The molecule has 1 heterocycles. The number of hydrogen-bond donors (Lipinski definition) is 1. The van der Waals surface area contributed by atoms with E-state index in [0.717, 1.165) is 0 Å². The highest BCUT2D eigenvalue weighted by atomic mass is 32.2. The summed E-state index contributed by atoms with van der Waals surface area (Å²) >= 11 is 1.29. The minimum Gasteiger partial charge on any atom is -0.481 e. The smallest absolute Gasteiger partial charge is 0.313 e. The maximum atomic E-state index is 13.5. The SMILES string of the molecule is COCC1(C(=O)O)CCN(C(=O)CCSc2ccccc2F)C1. The van der Waals surface area contributed by atoms with Gasteiger partial charge in [-0.2, -0.15) is 0 Å². The van der Waals surface area contributed by atoms with Crippen molar-refractivity contribution < 1.29 is 23.8 Å². The number of carboxylic acids is 1. The average molecular weight is 341 g/mol. The highest BCUT2D eigenvalue weighted by molar-refractivity contribution is 7.99. The van der Waals surface area contributed by atoms with E-state index in [2.05, 4.69) is 0 Å². The maximum Gasteiger partial charge on any atom is 0.313 e. The predicted octanol–water partition coefficient (Wildman–Crippen LogP) is 2.26. The van der Waals surface area contributed by atoms with E-state index in [9.17, 15) is 19.1 Å². The number of carbonyl (C=O) groups excluding carboxylic acids is 1. The number of aliphatic carboxylic acids is 1. The molecule has 0 spiro atoms. The normalized spacial score (nSPS) is 20.7. The van der Waals surface area contributed by atoms with Crippen LogP contribution in [0.4, 0.5) is 4.39 Å². The molecule has 1 aromatic carbocycles. The zero-order chi connectivity index (χ0) is 16.9. The van der Waals surface area contributed by atoms with Crippen molar-refractivity contribution in [1.29, 1.82) is 0 Å². The van der Waals surface area contributed by atoms with E-state index in [4.69, 9.17) is 4.74 Å². The predicted molar refractivity (Wildman–Crippen MR) is 84.9 cm³/mol. The van der Waals surface area contributed by atoms with Gasteiger partial charge in [-0.05, 0) is 18.6 Å². The van der Waals surface area contributed by atoms with Gasteiger partial charge in [-0.3, -0.25) is 9.59 Å². The number of methoxy groups -OCH3 is 1. The van der Waals surface area contributed by atoms with Gasteiger partial charge in [0.2, 0.25) is 5.91 Å². The number of amides is 1. The number of ether oxygens (including phenoxy) is 1. The number of thioether (sulfide) groups is 1. The van der Waals surface area contributed by atoms with Crippen LogP contribution < -0.4 is 0 Å². The van der Waals surface area contributed by atoms with Gasteiger partial charge in [-0.1, -0.05) is 12.1 Å². The van der Waals surface area contributed by atoms with Crippen LogP contribution in [0.25, 0.3) is 0 Å². The third kappa shape index (κ3) is 4.23. The summed E-state index contributed by atoms with van der Waals surface area (Å²) in [5.74, 6) is -0.875. The molecule has 1 amide bonds. The molecular formula is C16H20FNO4S. The summed E-state index contributed by atoms with van der Waals surface area (Å²) in [6, 6.07) is 6.43. The molecule has 7 heteroatoms. The minimum atomic E-state index is -1.01. The zero-order valence-electron chi connectivity index (χ0n) is 13.0. The second-order valence-corrected chi connectivity index (χ2v) is 6.75. The Morgan fingerprint density at radius 1 is 1.43 bits per heavy atom. The molecule has 0 aromatic heterocycles. The van der Waals surface area contributed by atoms with Crippen LogP contribution in [0.3, 0.4) is 0 Å². The molecule has 1 atom stereocenters. The zero-order valence-corrected chi connectivity index (χ0v) is 13.8. The van der Waals surface area contributed by atoms with E-state index in [1.165, 1.54) is 24.9 Å². The van der Waals surface area contributed by atoms with Gasteiger partial charge < -0.3 is 14.7 Å². The standard InChI is InChI=1S/C16H20FNO4S/c1-22-11-16(15(20)21)7-8-18(10-16)14(19)6-9-23-13-5-3-2-4-12(13)17/h2-5H,6-11H2,1H3,(H,20,21). The largest absolute Gasteiger partial charge is 0.481 e. The number of rotatable bonds is 7. The summed E-state index contributed by atoms with van der Waals surface area (Å²) in [5.41, 5.74) is -1.01. The lowest BCUT2D eigenvalue weighted by Crippen LogP contribution is -2.40. The molecule has 1 fully saturated rings. The summed E-state index contributed by atoms with van der Waals surface area (Å²) in [7, 11) is 1.46. The Balaban J connectivity index is 1.85. The molecule has 126 valence electrons. The van der Waals surface area contributed by atoms with Crippen LogP contribution in [0.5, 0.6) is 0 Å². The Bertz CT molecular complexity index is 583. The van der Waals surface area contributed by atoms with Crippen molar-refractivity contribution in [3.63, 3.8) is 0 Å². The van der Waals surface area contributed by atoms with Crippen LogP contribution in [-0.2, 0) is 14.3 Å². The van der Waals surface area contributed by atoms with Crippen LogP contribution in [0.15, 0.2) is 29.2 Å². The van der Waals surface area contributed by atoms with E-state index in [1.54, 1.807) is 23.1 Å². The molecule has 23 heavy (non-hydrogen) atoms. The van der Waals surface area contributed by atoms with Crippen LogP contribution >= 0.6 is 11.8 Å². The molecule has 0 bridgehead atoms. The molecule has 1 aliphatic rings. The van der Waals surface area contributed by atoms with Crippen molar-refractivity contribution in [2.24, 2.45) is 5.41 Å². The minimum absolute atomic E-state index is 0.0933. The molecule has 0 aliphatic carbocycles. The average Bonchev–Trinajstić information content (AvgIpc) is 2.95. The van der Waals surface area contributed by atoms with Crippen molar-refractivity contribution in [2.75, 3.05) is 32.6 Å². The van der Waals surface area contributed by atoms with Gasteiger partial charge in [0.05, 0.1) is 6.61 Å². The van der Waals surface area contributed by atoms with E-state index < -0.39 is 11.4 Å². The highest BCUT2D eigenvalue weighted by Gasteiger charge is 2.46. The molecule has 1 N–H and O–H groups in total. The third-order valence-electron chi connectivity index (χ3n) is 3.99. The Kier molecular flexibility index (Phi) is 6.01. The van der Waals surface area contributed by atoms with Crippen molar-refractivity contribution in [1.82, 2.24) is 4.90 Å². The fraction of sp³-hybridized carbons (Fsp3) is 0.500. The lowest BCUT2D eigenvalue weighted by Gasteiger charge is -2.23. The molecule has 5 nitrogen and oxygen atoms in total. The Labute approximate surface area is 138 Å². The Morgan fingerprint density at radius 3 is 2.83 bits per heavy atom. The molecule has 0 radical (unpaired) electrons. The molecule has 1 saturated heterocycles. The third-order valence-corrected chi connectivity index (χ3v) is 5.04. The second-order valence-electron chi connectivity index (χ2n) is 5.61. The first kappa shape index (κ1) is 17.7. The topological polar surface area (TPSA) is 66.8 Å². The first-order chi connectivity index (χ1) is 11.0. The molecule has 1 aromatic rings. The summed E-state index contributed by atoms with van der Waals surface area (Å²) < 4.78 is 18.5. The number of nitrogens with zero attached hydrogens (tertiary/aromatic N) is 1. The number of benzene rings is 1. The van der Waals surface area contributed by atoms with Crippen LogP contribution in [-0.4, -0.2) is 54.4 Å². The monoisotopic (exact) mass is 341 g/mol. The number of likely N-dealkylation sites (tertiary alicyclic amines) is 1. The first-order valence-electron chi connectivity index (χ1n) is 7.36. The van der Waals surface area contributed by atoms with Gasteiger partial charge in [-0.25, -0.2) is 4.39 Å². The fourth-order valence-corrected chi connectivity index (χ4v) is 3.56. The first-order valence-corrected chi connectivity index (χ1v) is 8.34. The Hall–Kier alpha value is -1.60. The van der Waals surface area contributed by atoms with Gasteiger partial charge in [-0.15, -0.1) is 11.8 Å². The van der Waals surface area contributed by atoms with Gasteiger partial charge in [0, 0.05) is 37.3 Å². The van der Waals surface area contributed by atoms with E-state index in [0.29, 0.717) is 23.6 Å². The van der Waals surface area contributed by atoms with E-state index in [-0.39, 0.29) is 31.3 Å². The van der Waals surface area contributed by atoms with E-state index in [1.807, 2.05) is 0 Å². The Morgan fingerprint density at radius 2 is 2.17 bits per heavy atom. The number of hydrogen-bond acceptors (Lipinski definition) is 4. The molecule has 1 unspecified atom stereocenters. The fourth-order valence-electron chi connectivity index (χ4n) is 2.68. The van der Waals surface area contributed by atoms with Crippen LogP contribution in [0.1, 0.15) is 12.8 Å². The number of halogens is 1. The lowest BCUT2D eigenvalue weighted by molar-refractivity contribution is -0.151. The maximum absolute atomic E-state index is 13.5. The quantitative estimate of drug-likeness (QED) is 0.771. The molecule has 2 rings (SSSR count). The summed E-state index contributed by atoms with van der Waals surface area (Å²) in [4.78, 5) is 25.8.